The number of aryl methyl sites for hydroxylation is 1. The number of morpholine rings is 1. The average molecular weight is 523 g/mol. The molecule has 0 atom stereocenters. The highest BCUT2D eigenvalue weighted by atomic mass is 35.5. The van der Waals surface area contributed by atoms with Gasteiger partial charge in [0.2, 0.25) is 10.0 Å². The molecule has 0 N–H and O–H groups in total. The number of aromatic nitrogens is 1. The molecule has 182 valence electrons. The smallest absolute Gasteiger partial charge is 0.260 e. The highest BCUT2D eigenvalue weighted by molar-refractivity contribution is 7.89. The molecule has 0 bridgehead atoms. The predicted octanol–water partition coefficient (Wildman–Crippen LogP) is 3.49. The first-order chi connectivity index (χ1) is 16.2. The second kappa shape index (κ2) is 10.3. The van der Waals surface area contributed by atoms with E-state index >= 15 is 0 Å². The number of ether oxygens (including phenoxy) is 1. The van der Waals surface area contributed by atoms with Gasteiger partial charge in [-0.3, -0.25) is 14.6 Å². The van der Waals surface area contributed by atoms with Crippen LogP contribution >= 0.6 is 22.9 Å². The van der Waals surface area contributed by atoms with E-state index < -0.39 is 10.0 Å². The summed E-state index contributed by atoms with van der Waals surface area (Å²) in [5.41, 5.74) is 2.17. The van der Waals surface area contributed by atoms with Crippen LogP contribution in [0.1, 0.15) is 15.9 Å². The Labute approximate surface area is 208 Å². The number of rotatable bonds is 7. The normalized spacial score (nSPS) is 15.2. The van der Waals surface area contributed by atoms with Crippen LogP contribution in [0.15, 0.2) is 41.3 Å². The Morgan fingerprint density at radius 1 is 1.18 bits per heavy atom. The first kappa shape index (κ1) is 25.0. The second-order valence-electron chi connectivity index (χ2n) is 8.29. The van der Waals surface area contributed by atoms with Gasteiger partial charge in [-0.25, -0.2) is 17.7 Å². The number of hydrogen-bond acceptors (Lipinski definition) is 7. The maximum absolute atomic E-state index is 13.6. The molecule has 0 radical (unpaired) electrons. The molecule has 1 amide bonds. The predicted molar refractivity (Wildman–Crippen MR) is 136 cm³/mol. The molecule has 8 nitrogen and oxygen atoms in total. The minimum atomic E-state index is -3.58. The number of carbonyl (C=O) groups is 1. The summed E-state index contributed by atoms with van der Waals surface area (Å²) in [4.78, 5) is 22.4. The van der Waals surface area contributed by atoms with Gasteiger partial charge in [-0.2, -0.15) is 0 Å². The van der Waals surface area contributed by atoms with Crippen LogP contribution < -0.4 is 4.90 Å². The Bertz CT molecular complexity index is 1290. The van der Waals surface area contributed by atoms with Gasteiger partial charge < -0.3 is 4.74 Å². The molecular weight excluding hydrogens is 496 g/mol. The summed E-state index contributed by atoms with van der Waals surface area (Å²) in [6, 6.07) is 9.75. The Hall–Kier alpha value is -2.08. The number of benzene rings is 2. The molecule has 0 aliphatic carbocycles. The number of anilines is 1. The third-order valence-electron chi connectivity index (χ3n) is 5.74. The number of thiazole rings is 1. The molecule has 1 fully saturated rings. The molecule has 1 aliphatic rings. The SMILES string of the molecule is Cc1cc(Cl)cc2sc(N(CCN3CCOCC3)C(=O)c3ccc(S(=O)(=O)N(C)C)cc3)nc12. The molecule has 4 rings (SSSR count). The van der Waals surface area contributed by atoms with Gasteiger partial charge in [0.15, 0.2) is 5.13 Å². The molecule has 0 spiro atoms. The zero-order valence-electron chi connectivity index (χ0n) is 19.3. The highest BCUT2D eigenvalue weighted by Gasteiger charge is 2.24. The maximum atomic E-state index is 13.6. The van der Waals surface area contributed by atoms with Crippen LogP contribution in [0.2, 0.25) is 5.02 Å². The number of amides is 1. The van der Waals surface area contributed by atoms with E-state index in [2.05, 4.69) is 4.90 Å². The van der Waals surface area contributed by atoms with Crippen molar-refractivity contribution in [2.24, 2.45) is 0 Å². The lowest BCUT2D eigenvalue weighted by atomic mass is 10.2. The van der Waals surface area contributed by atoms with Gasteiger partial charge >= 0.3 is 0 Å². The third-order valence-corrected chi connectivity index (χ3v) is 8.81. The van der Waals surface area contributed by atoms with Gasteiger partial charge in [-0.05, 0) is 48.9 Å². The van der Waals surface area contributed by atoms with Gasteiger partial charge in [0, 0.05) is 50.9 Å². The molecule has 0 saturated carbocycles. The minimum Gasteiger partial charge on any atom is -0.379 e. The molecule has 2 heterocycles. The van der Waals surface area contributed by atoms with Crippen molar-refractivity contribution in [3.63, 3.8) is 0 Å². The maximum Gasteiger partial charge on any atom is 0.260 e. The van der Waals surface area contributed by atoms with E-state index in [1.807, 2.05) is 19.1 Å². The van der Waals surface area contributed by atoms with E-state index in [-0.39, 0.29) is 10.8 Å². The quantitative estimate of drug-likeness (QED) is 0.472. The van der Waals surface area contributed by atoms with Crippen molar-refractivity contribution in [3.05, 3.63) is 52.5 Å². The van der Waals surface area contributed by atoms with E-state index in [0.717, 1.165) is 33.2 Å². The van der Waals surface area contributed by atoms with E-state index in [4.69, 9.17) is 21.3 Å². The summed E-state index contributed by atoms with van der Waals surface area (Å²) in [6.07, 6.45) is 0. The van der Waals surface area contributed by atoms with Crippen LogP contribution in [0.3, 0.4) is 0 Å². The van der Waals surface area contributed by atoms with Gasteiger partial charge in [-0.15, -0.1) is 0 Å². The van der Waals surface area contributed by atoms with Crippen LogP contribution in [0.5, 0.6) is 0 Å². The number of sulfonamides is 1. The summed E-state index contributed by atoms with van der Waals surface area (Å²) in [5.74, 6) is -0.232. The molecule has 0 unspecified atom stereocenters. The molecule has 34 heavy (non-hydrogen) atoms. The van der Waals surface area contributed by atoms with E-state index in [1.165, 1.54) is 37.6 Å². The lowest BCUT2D eigenvalue weighted by molar-refractivity contribution is 0.0391. The van der Waals surface area contributed by atoms with Crippen molar-refractivity contribution in [3.8, 4) is 0 Å². The van der Waals surface area contributed by atoms with Crippen LogP contribution in [0.4, 0.5) is 5.13 Å². The van der Waals surface area contributed by atoms with Crippen molar-refractivity contribution >= 4 is 54.2 Å². The van der Waals surface area contributed by atoms with Crippen LogP contribution in [-0.2, 0) is 14.8 Å². The fourth-order valence-corrected chi connectivity index (χ4v) is 6.09. The Morgan fingerprint density at radius 3 is 2.50 bits per heavy atom. The first-order valence-corrected chi connectivity index (χ1v) is 13.5. The van der Waals surface area contributed by atoms with Crippen molar-refractivity contribution < 1.29 is 17.9 Å². The second-order valence-corrected chi connectivity index (χ2v) is 11.9. The third kappa shape index (κ3) is 5.27. The van der Waals surface area contributed by atoms with Crippen molar-refractivity contribution in [1.29, 1.82) is 0 Å². The van der Waals surface area contributed by atoms with E-state index in [1.54, 1.807) is 17.0 Å². The fraction of sp³-hybridized carbons (Fsp3) is 0.391. The molecule has 1 aromatic heterocycles. The van der Waals surface area contributed by atoms with Crippen molar-refractivity contribution in [2.75, 3.05) is 58.4 Å². The van der Waals surface area contributed by atoms with Crippen molar-refractivity contribution in [1.82, 2.24) is 14.2 Å². The topological polar surface area (TPSA) is 83.0 Å². The summed E-state index contributed by atoms with van der Waals surface area (Å²) < 4.78 is 32.3. The van der Waals surface area contributed by atoms with Gasteiger partial charge in [0.25, 0.3) is 5.91 Å². The first-order valence-electron chi connectivity index (χ1n) is 10.9. The standard InChI is InChI=1S/C23H27ClN4O4S2/c1-16-14-18(24)15-20-21(16)25-23(33-20)28(9-8-27-10-12-32-13-11-27)22(29)17-4-6-19(7-5-17)34(30,31)26(2)3/h4-7,14-15H,8-13H2,1-3H3. The summed E-state index contributed by atoms with van der Waals surface area (Å²) >= 11 is 7.65. The lowest BCUT2D eigenvalue weighted by Gasteiger charge is -2.29. The molecule has 3 aromatic rings. The molecule has 1 aliphatic heterocycles. The van der Waals surface area contributed by atoms with Crippen LogP contribution in [-0.4, -0.2) is 82.0 Å². The Kier molecular flexibility index (Phi) is 7.56. The van der Waals surface area contributed by atoms with Crippen molar-refractivity contribution in [2.45, 2.75) is 11.8 Å². The zero-order chi connectivity index (χ0) is 24.5. The number of hydrogen-bond donors (Lipinski definition) is 0. The zero-order valence-corrected chi connectivity index (χ0v) is 21.7. The van der Waals surface area contributed by atoms with Gasteiger partial charge in [-0.1, -0.05) is 22.9 Å². The van der Waals surface area contributed by atoms with Gasteiger partial charge in [0.05, 0.1) is 28.3 Å². The minimum absolute atomic E-state index is 0.138. The highest BCUT2D eigenvalue weighted by Crippen LogP contribution is 2.33. The summed E-state index contributed by atoms with van der Waals surface area (Å²) in [6.45, 7) is 6.05. The number of halogens is 1. The summed E-state index contributed by atoms with van der Waals surface area (Å²) in [5, 5.41) is 1.22. The number of carbonyl (C=O) groups excluding carboxylic acids is 1. The van der Waals surface area contributed by atoms with Crippen LogP contribution in [0.25, 0.3) is 10.2 Å². The monoisotopic (exact) mass is 522 g/mol. The fourth-order valence-electron chi connectivity index (χ4n) is 3.74. The molecule has 2 aromatic carbocycles. The number of nitrogens with zero attached hydrogens (tertiary/aromatic N) is 4. The van der Waals surface area contributed by atoms with E-state index in [9.17, 15) is 13.2 Å². The van der Waals surface area contributed by atoms with Crippen LogP contribution in [0, 0.1) is 6.92 Å². The molecule has 11 heteroatoms. The molecule has 1 saturated heterocycles. The lowest BCUT2D eigenvalue weighted by Crippen LogP contribution is -2.43. The average Bonchev–Trinajstić information content (AvgIpc) is 3.24. The largest absolute Gasteiger partial charge is 0.379 e. The van der Waals surface area contributed by atoms with Gasteiger partial charge in [0.1, 0.15) is 0 Å². The molecular formula is C23H27ClN4O4S2. The van der Waals surface area contributed by atoms with E-state index in [0.29, 0.717) is 42.0 Å². The summed E-state index contributed by atoms with van der Waals surface area (Å²) in [7, 11) is -0.625. The number of fused-ring (bicyclic) bond motifs is 1. The Balaban J connectivity index is 1.66. The Morgan fingerprint density at radius 2 is 1.85 bits per heavy atom.